The van der Waals surface area contributed by atoms with Crippen LogP contribution in [0.25, 0.3) is 11.1 Å². The van der Waals surface area contributed by atoms with E-state index < -0.39 is 0 Å². The van der Waals surface area contributed by atoms with E-state index in [1.807, 2.05) is 0 Å². The molecule has 1 aliphatic carbocycles. The van der Waals surface area contributed by atoms with Crippen molar-refractivity contribution in [3.8, 4) is 0 Å². The van der Waals surface area contributed by atoms with Crippen LogP contribution in [0.3, 0.4) is 0 Å². The van der Waals surface area contributed by atoms with Gasteiger partial charge in [0.05, 0.1) is 6.54 Å². The van der Waals surface area contributed by atoms with Crippen LogP contribution in [0.15, 0.2) is 27.4 Å². The van der Waals surface area contributed by atoms with Gasteiger partial charge in [0.1, 0.15) is 11.3 Å². The summed E-state index contributed by atoms with van der Waals surface area (Å²) in [7, 11) is 0. The van der Waals surface area contributed by atoms with Crippen LogP contribution >= 0.6 is 0 Å². The van der Waals surface area contributed by atoms with E-state index in [1.54, 1.807) is 10.6 Å². The molecule has 1 aromatic carbocycles. The molecule has 4 rings (SSSR count). The van der Waals surface area contributed by atoms with Gasteiger partial charge in [-0.15, -0.1) is 0 Å². The van der Waals surface area contributed by atoms with E-state index in [9.17, 15) is 9.18 Å². The second-order valence-corrected chi connectivity index (χ2v) is 5.03. The van der Waals surface area contributed by atoms with Crippen LogP contribution in [0.1, 0.15) is 24.7 Å². The van der Waals surface area contributed by atoms with Crippen LogP contribution < -0.4 is 11.0 Å². The Bertz CT molecular complexity index is 861. The minimum absolute atomic E-state index is 0.200. The molecule has 108 valence electrons. The third kappa shape index (κ3) is 2.18. The number of oxazole rings is 1. The van der Waals surface area contributed by atoms with Gasteiger partial charge in [-0.3, -0.25) is 4.57 Å². The fourth-order valence-corrected chi connectivity index (χ4v) is 2.30. The fourth-order valence-electron chi connectivity index (χ4n) is 2.30. The number of hydrogen-bond donors (Lipinski definition) is 2. The first-order valence-electron chi connectivity index (χ1n) is 6.66. The largest absolute Gasteiger partial charge is 0.423 e. The molecule has 0 atom stereocenters. The van der Waals surface area contributed by atoms with E-state index in [1.165, 1.54) is 12.1 Å². The first-order chi connectivity index (χ1) is 10.2. The molecule has 0 bridgehead atoms. The van der Waals surface area contributed by atoms with Gasteiger partial charge in [0.15, 0.2) is 11.4 Å². The summed E-state index contributed by atoms with van der Waals surface area (Å²) in [5.74, 6) is 0.232. The summed E-state index contributed by atoms with van der Waals surface area (Å²) in [6.07, 6.45) is 1.99. The van der Waals surface area contributed by atoms with E-state index in [0.29, 0.717) is 23.5 Å². The van der Waals surface area contributed by atoms with E-state index in [2.05, 4.69) is 20.5 Å². The Hall–Kier alpha value is -2.64. The summed E-state index contributed by atoms with van der Waals surface area (Å²) in [4.78, 5) is 15.8. The Morgan fingerprint density at radius 3 is 3.14 bits per heavy atom. The second kappa shape index (κ2) is 4.44. The number of rotatable bonds is 4. The molecule has 3 aromatic rings. The van der Waals surface area contributed by atoms with Crippen LogP contribution in [-0.2, 0) is 6.54 Å². The molecule has 2 aromatic heterocycles. The molecule has 0 saturated heterocycles. The lowest BCUT2D eigenvalue weighted by Crippen LogP contribution is -2.19. The van der Waals surface area contributed by atoms with Gasteiger partial charge in [0, 0.05) is 12.1 Å². The lowest BCUT2D eigenvalue weighted by atomic mass is 10.3. The molecule has 8 heteroatoms. The lowest BCUT2D eigenvalue weighted by molar-refractivity contribution is 0.594. The summed E-state index contributed by atoms with van der Waals surface area (Å²) < 4.78 is 20.1. The van der Waals surface area contributed by atoms with Crippen molar-refractivity contribution in [1.82, 2.24) is 19.7 Å². The third-order valence-electron chi connectivity index (χ3n) is 3.44. The number of halogens is 1. The van der Waals surface area contributed by atoms with Gasteiger partial charge in [-0.1, -0.05) is 0 Å². The molecule has 21 heavy (non-hydrogen) atoms. The maximum atomic E-state index is 13.1. The standard InChI is InChI=1S/C13H12FN5O2/c14-7-1-4-9-10(5-7)21-12(16-9)15-6-11-17-18-13(20)19(11)8-2-3-8/h1,4-5,8H,2-3,6H2,(H,15,16)(H,18,20). The molecular formula is C13H12FN5O2. The molecule has 2 N–H and O–H groups in total. The van der Waals surface area contributed by atoms with Crippen LogP contribution in [-0.4, -0.2) is 19.7 Å². The predicted octanol–water partition coefficient (Wildman–Crippen LogP) is 1.80. The van der Waals surface area contributed by atoms with Crippen molar-refractivity contribution in [3.63, 3.8) is 0 Å². The average molecular weight is 289 g/mol. The molecule has 7 nitrogen and oxygen atoms in total. The van der Waals surface area contributed by atoms with Gasteiger partial charge in [-0.2, -0.15) is 10.1 Å². The summed E-state index contributed by atoms with van der Waals surface area (Å²) >= 11 is 0. The highest BCUT2D eigenvalue weighted by molar-refractivity contribution is 5.74. The first-order valence-corrected chi connectivity index (χ1v) is 6.66. The van der Waals surface area contributed by atoms with E-state index in [4.69, 9.17) is 4.42 Å². The van der Waals surface area contributed by atoms with Crippen LogP contribution in [0.5, 0.6) is 0 Å². The van der Waals surface area contributed by atoms with Gasteiger partial charge >= 0.3 is 5.69 Å². The van der Waals surface area contributed by atoms with Crippen molar-refractivity contribution in [2.45, 2.75) is 25.4 Å². The normalized spacial score (nSPS) is 14.7. The lowest BCUT2D eigenvalue weighted by Gasteiger charge is -2.03. The van der Waals surface area contributed by atoms with Gasteiger partial charge in [-0.25, -0.2) is 14.3 Å². The monoisotopic (exact) mass is 289 g/mol. The zero-order valence-electron chi connectivity index (χ0n) is 11.0. The number of H-pyrrole nitrogens is 1. The van der Waals surface area contributed by atoms with Crippen molar-refractivity contribution in [2.24, 2.45) is 0 Å². The maximum Gasteiger partial charge on any atom is 0.343 e. The Balaban J connectivity index is 1.57. The minimum atomic E-state index is -0.375. The number of fused-ring (bicyclic) bond motifs is 1. The van der Waals surface area contributed by atoms with Crippen molar-refractivity contribution >= 4 is 17.1 Å². The Morgan fingerprint density at radius 2 is 2.33 bits per heavy atom. The van der Waals surface area contributed by atoms with Crippen molar-refractivity contribution in [2.75, 3.05) is 5.32 Å². The molecule has 0 unspecified atom stereocenters. The summed E-state index contributed by atoms with van der Waals surface area (Å²) in [5.41, 5.74) is 0.744. The van der Waals surface area contributed by atoms with Gasteiger partial charge in [0.25, 0.3) is 6.01 Å². The number of benzene rings is 1. The SMILES string of the molecule is O=c1[nH]nc(CNc2nc3ccc(F)cc3o2)n1C1CC1. The first kappa shape index (κ1) is 12.1. The van der Waals surface area contributed by atoms with Crippen molar-refractivity contribution in [1.29, 1.82) is 0 Å². The van der Waals surface area contributed by atoms with Crippen molar-refractivity contribution in [3.05, 3.63) is 40.3 Å². The smallest absolute Gasteiger partial charge is 0.343 e. The number of aromatic nitrogens is 4. The molecule has 0 radical (unpaired) electrons. The number of aromatic amines is 1. The van der Waals surface area contributed by atoms with Crippen LogP contribution in [0.2, 0.25) is 0 Å². The van der Waals surface area contributed by atoms with Crippen LogP contribution in [0.4, 0.5) is 10.4 Å². The number of hydrogen-bond acceptors (Lipinski definition) is 5. The summed E-state index contributed by atoms with van der Waals surface area (Å²) in [6.45, 7) is 0.310. The zero-order valence-corrected chi connectivity index (χ0v) is 11.0. The maximum absolute atomic E-state index is 13.1. The molecule has 1 aliphatic rings. The summed E-state index contributed by atoms with van der Waals surface area (Å²) in [6, 6.07) is 4.67. The summed E-state index contributed by atoms with van der Waals surface area (Å²) in [5, 5.41) is 9.40. The van der Waals surface area contributed by atoms with Crippen molar-refractivity contribution < 1.29 is 8.81 Å². The minimum Gasteiger partial charge on any atom is -0.423 e. The number of nitrogens with one attached hydrogen (secondary N) is 2. The van der Waals surface area contributed by atoms with E-state index >= 15 is 0 Å². The van der Waals surface area contributed by atoms with Gasteiger partial charge in [0.2, 0.25) is 0 Å². The highest BCUT2D eigenvalue weighted by Crippen LogP contribution is 2.34. The topological polar surface area (TPSA) is 88.7 Å². The molecule has 0 amide bonds. The van der Waals surface area contributed by atoms with E-state index in [0.717, 1.165) is 12.8 Å². The molecule has 0 spiro atoms. The third-order valence-corrected chi connectivity index (χ3v) is 3.44. The highest BCUT2D eigenvalue weighted by atomic mass is 19.1. The van der Waals surface area contributed by atoms with Crippen LogP contribution in [0, 0.1) is 5.82 Å². The zero-order chi connectivity index (χ0) is 14.4. The number of nitrogens with zero attached hydrogens (tertiary/aromatic N) is 3. The number of anilines is 1. The molecule has 1 saturated carbocycles. The Morgan fingerprint density at radius 1 is 1.48 bits per heavy atom. The fraction of sp³-hybridized carbons (Fsp3) is 0.308. The van der Waals surface area contributed by atoms with Gasteiger partial charge in [-0.05, 0) is 25.0 Å². The average Bonchev–Trinajstić information content (AvgIpc) is 3.10. The van der Waals surface area contributed by atoms with E-state index in [-0.39, 0.29) is 23.6 Å². The molecule has 1 fully saturated rings. The Labute approximate surface area is 117 Å². The quantitative estimate of drug-likeness (QED) is 0.764. The molecule has 2 heterocycles. The van der Waals surface area contributed by atoms with Gasteiger partial charge < -0.3 is 9.73 Å². The second-order valence-electron chi connectivity index (χ2n) is 5.03. The molecular weight excluding hydrogens is 277 g/mol. The Kier molecular flexibility index (Phi) is 2.56. The predicted molar refractivity (Wildman–Crippen MR) is 72.4 cm³/mol. The highest BCUT2D eigenvalue weighted by Gasteiger charge is 2.28. The molecule has 0 aliphatic heterocycles.